The molecule has 0 aliphatic carbocycles. The molecule has 0 atom stereocenters. The predicted molar refractivity (Wildman–Crippen MR) is 418 cm³/mol. The molecule has 20 rings (SSSR count). The largest absolute Gasteiger partial charge is 0.135 e. The van der Waals surface area contributed by atoms with Gasteiger partial charge in [0.15, 0.2) is 0 Å². The molecule has 0 saturated carbocycles. The summed E-state index contributed by atoms with van der Waals surface area (Å²) in [7, 11) is 0. The fourth-order valence-electron chi connectivity index (χ4n) is 16.2. The van der Waals surface area contributed by atoms with E-state index in [2.05, 4.69) is 340 Å². The molecule has 2 heteroatoms. The van der Waals surface area contributed by atoms with Crippen LogP contribution in [0.4, 0.5) is 0 Å². The number of hydrogen-bond donors (Lipinski definition) is 0. The van der Waals surface area contributed by atoms with Crippen molar-refractivity contribution in [2.45, 2.75) is 0 Å². The van der Waals surface area contributed by atoms with E-state index in [1.54, 1.807) is 0 Å². The molecule has 0 aliphatic heterocycles. The fourth-order valence-corrected chi connectivity index (χ4v) is 18.6. The van der Waals surface area contributed by atoms with Crippen molar-refractivity contribution < 1.29 is 0 Å². The minimum atomic E-state index is 1.18. The molecule has 0 unspecified atom stereocenters. The van der Waals surface area contributed by atoms with Gasteiger partial charge in [-0.3, -0.25) is 0 Å². The van der Waals surface area contributed by atoms with Crippen molar-refractivity contribution in [3.63, 3.8) is 0 Å². The highest BCUT2D eigenvalue weighted by atomic mass is 32.1. The van der Waals surface area contributed by atoms with Crippen LogP contribution < -0.4 is 0 Å². The Morgan fingerprint density at radius 2 is 0.510 bits per heavy atom. The minimum Gasteiger partial charge on any atom is -0.135 e. The molecule has 0 fully saturated rings. The van der Waals surface area contributed by atoms with Crippen molar-refractivity contribution in [3.8, 4) is 89.0 Å². The molecular weight excluding hydrogens is 1190 g/mol. The summed E-state index contributed by atoms with van der Waals surface area (Å²) < 4.78 is 5.20. The van der Waals surface area contributed by atoms with E-state index < -0.39 is 0 Å². The van der Waals surface area contributed by atoms with E-state index in [1.807, 2.05) is 22.7 Å². The van der Waals surface area contributed by atoms with Gasteiger partial charge in [-0.2, -0.15) is 0 Å². The van der Waals surface area contributed by atoms with Gasteiger partial charge in [-0.1, -0.05) is 303 Å². The molecule has 0 saturated heterocycles. The average Bonchev–Trinajstić information content (AvgIpc) is 1.22. The lowest BCUT2D eigenvalue weighted by atomic mass is 9.82. The van der Waals surface area contributed by atoms with Crippen LogP contribution in [0.3, 0.4) is 0 Å². The first-order valence-corrected chi connectivity index (χ1v) is 34.7. The lowest BCUT2D eigenvalue weighted by molar-refractivity contribution is 1.57. The predicted octanol–water partition coefficient (Wildman–Crippen LogP) is 27.8. The number of thiophene rings is 2. The van der Waals surface area contributed by atoms with E-state index in [4.69, 9.17) is 0 Å². The van der Waals surface area contributed by atoms with Crippen LogP contribution in [0.15, 0.2) is 340 Å². The zero-order valence-electron chi connectivity index (χ0n) is 52.1. The SMILES string of the molecule is c1ccc(-c2cc(-c3c4ccccc4c(-c4cccc5sc6cc7ccccc7cc6c45)c4ccccc34)ccc2-c2ccc(-c3ccc(-c4c5ccccc5c(-c5ccc(-c6ccccc6)c6ccccc56)c5ccccc45)c4c3sc3cc5ccccc5cc34)cc2)cc1. The smallest absolute Gasteiger partial charge is 0.0440 e. The molecule has 0 N–H and O–H groups in total. The van der Waals surface area contributed by atoms with Crippen LogP contribution in [0.25, 0.3) is 205 Å². The normalized spacial score (nSPS) is 12.0. The summed E-state index contributed by atoms with van der Waals surface area (Å²) in [5.41, 5.74) is 19.7. The molecule has 0 nitrogen and oxygen atoms in total. The molecular formula is C94H56S2. The van der Waals surface area contributed by atoms with Gasteiger partial charge in [-0.15, -0.1) is 22.7 Å². The fraction of sp³-hybridized carbons (Fsp3) is 0. The van der Waals surface area contributed by atoms with Gasteiger partial charge in [0, 0.05) is 40.3 Å². The van der Waals surface area contributed by atoms with Gasteiger partial charge in [-0.25, -0.2) is 0 Å². The Labute approximate surface area is 563 Å². The van der Waals surface area contributed by atoms with Crippen LogP contribution in [-0.2, 0) is 0 Å². The summed E-state index contributed by atoms with van der Waals surface area (Å²) >= 11 is 3.82. The number of fused-ring (bicyclic) bond motifs is 13. The molecule has 0 bridgehead atoms. The highest BCUT2D eigenvalue weighted by Gasteiger charge is 2.25. The van der Waals surface area contributed by atoms with Crippen LogP contribution >= 0.6 is 22.7 Å². The molecule has 0 amide bonds. The first kappa shape index (κ1) is 54.7. The molecule has 0 spiro atoms. The van der Waals surface area contributed by atoms with E-state index in [9.17, 15) is 0 Å². The number of rotatable bonds is 8. The number of hydrogen-bond acceptors (Lipinski definition) is 2. The number of benzene rings is 18. The van der Waals surface area contributed by atoms with E-state index in [1.165, 1.54) is 205 Å². The van der Waals surface area contributed by atoms with Gasteiger partial charge in [-0.05, 0) is 201 Å². The maximum Gasteiger partial charge on any atom is 0.0440 e. The lowest BCUT2D eigenvalue weighted by Gasteiger charge is -2.20. The quantitative estimate of drug-likeness (QED) is 0.133. The highest BCUT2D eigenvalue weighted by Crippen LogP contribution is 2.54. The standard InChI is InChI=1S/C94H56S2/c1-3-22-57(23-4-1)66-48-50-79(70-31-12-11-30-69(66)70)89-75-36-17-19-38-77(75)91(78-39-20-18-37-76(78)89)81-51-49-68(94-93(81)84-53-62-27-8-10-29-64(62)56-87(84)96-94)60-44-42-59(43-45-60)67-47-46-65(54-82(67)58-24-5-2-6-25-58)88-71-32-13-15-34-73(71)90(74-35-16-14-33-72(74)88)80-40-21-41-85-92(80)83-52-61-26-7-9-28-63(61)55-86(83)95-85/h1-56H. The van der Waals surface area contributed by atoms with Crippen LogP contribution in [0.1, 0.15) is 0 Å². The first-order chi connectivity index (χ1) is 47.6. The molecule has 96 heavy (non-hydrogen) atoms. The minimum absolute atomic E-state index is 1.18. The zero-order chi connectivity index (χ0) is 63.0. The van der Waals surface area contributed by atoms with Gasteiger partial charge in [0.25, 0.3) is 0 Å². The molecule has 2 aromatic heterocycles. The molecule has 18 aromatic carbocycles. The Bertz CT molecular complexity index is 6490. The lowest BCUT2D eigenvalue weighted by Crippen LogP contribution is -1.93. The summed E-state index contributed by atoms with van der Waals surface area (Å²) in [4.78, 5) is 0. The maximum absolute atomic E-state index is 2.46. The van der Waals surface area contributed by atoms with Gasteiger partial charge >= 0.3 is 0 Å². The summed E-state index contributed by atoms with van der Waals surface area (Å²) in [6.07, 6.45) is 0. The van der Waals surface area contributed by atoms with Crippen LogP contribution in [0.2, 0.25) is 0 Å². The molecule has 0 aliphatic rings. The Morgan fingerprint density at radius 3 is 1.05 bits per heavy atom. The van der Waals surface area contributed by atoms with E-state index in [-0.39, 0.29) is 0 Å². The van der Waals surface area contributed by atoms with Crippen molar-refractivity contribution >= 4 is 138 Å². The van der Waals surface area contributed by atoms with Gasteiger partial charge in [0.1, 0.15) is 0 Å². The topological polar surface area (TPSA) is 0 Å². The first-order valence-electron chi connectivity index (χ1n) is 33.1. The molecule has 2 heterocycles. The van der Waals surface area contributed by atoms with E-state index >= 15 is 0 Å². The van der Waals surface area contributed by atoms with Crippen molar-refractivity contribution in [2.75, 3.05) is 0 Å². The van der Waals surface area contributed by atoms with Gasteiger partial charge in [0.05, 0.1) is 0 Å². The second-order valence-corrected chi connectivity index (χ2v) is 27.7. The van der Waals surface area contributed by atoms with Crippen molar-refractivity contribution in [3.05, 3.63) is 340 Å². The van der Waals surface area contributed by atoms with Crippen LogP contribution in [0, 0.1) is 0 Å². The van der Waals surface area contributed by atoms with Crippen LogP contribution in [-0.4, -0.2) is 0 Å². The average molecular weight is 1250 g/mol. The molecule has 0 radical (unpaired) electrons. The zero-order valence-corrected chi connectivity index (χ0v) is 53.8. The third kappa shape index (κ3) is 8.53. The van der Waals surface area contributed by atoms with Crippen molar-refractivity contribution in [1.82, 2.24) is 0 Å². The van der Waals surface area contributed by atoms with E-state index in [0.29, 0.717) is 0 Å². The third-order valence-electron chi connectivity index (χ3n) is 20.4. The third-order valence-corrected chi connectivity index (χ3v) is 22.7. The highest BCUT2D eigenvalue weighted by molar-refractivity contribution is 7.26. The second kappa shape index (κ2) is 21.9. The molecule has 20 aromatic rings. The Morgan fingerprint density at radius 1 is 0.156 bits per heavy atom. The van der Waals surface area contributed by atoms with Crippen molar-refractivity contribution in [2.24, 2.45) is 0 Å². The van der Waals surface area contributed by atoms with Gasteiger partial charge in [0.2, 0.25) is 0 Å². The second-order valence-electron chi connectivity index (χ2n) is 25.6. The Hall–Kier alpha value is -11.8. The Kier molecular flexibility index (Phi) is 12.5. The maximum atomic E-state index is 2.46. The van der Waals surface area contributed by atoms with Gasteiger partial charge < -0.3 is 0 Å². The summed E-state index contributed by atoms with van der Waals surface area (Å²) in [6.45, 7) is 0. The van der Waals surface area contributed by atoms with Crippen molar-refractivity contribution in [1.29, 1.82) is 0 Å². The van der Waals surface area contributed by atoms with E-state index in [0.717, 1.165) is 0 Å². The summed E-state index contributed by atoms with van der Waals surface area (Å²) in [5.74, 6) is 0. The van der Waals surface area contributed by atoms with Crippen LogP contribution in [0.5, 0.6) is 0 Å². The Balaban J connectivity index is 0.744. The summed E-state index contributed by atoms with van der Waals surface area (Å²) in [6, 6.07) is 128. The monoisotopic (exact) mass is 1250 g/mol. The molecule has 444 valence electrons. The summed E-state index contributed by atoms with van der Waals surface area (Å²) in [5, 5.41) is 22.7.